The maximum absolute atomic E-state index is 13.4. The van der Waals surface area contributed by atoms with Gasteiger partial charge >= 0.3 is 0 Å². The molecule has 2 heterocycles. The number of benzene rings is 2. The summed E-state index contributed by atoms with van der Waals surface area (Å²) in [4.78, 5) is 0.268. The third-order valence-corrected chi connectivity index (χ3v) is 7.01. The Morgan fingerprint density at radius 1 is 1.04 bits per heavy atom. The fourth-order valence-electron chi connectivity index (χ4n) is 3.50. The Hall–Kier alpha value is -2.31. The van der Waals surface area contributed by atoms with E-state index in [0.717, 1.165) is 23.4 Å². The second kappa shape index (κ2) is 6.14. The van der Waals surface area contributed by atoms with E-state index in [1.54, 1.807) is 30.7 Å². The Morgan fingerprint density at radius 3 is 2.46 bits per heavy atom. The first kappa shape index (κ1) is 17.1. The third-order valence-electron chi connectivity index (χ3n) is 4.69. The summed E-state index contributed by atoms with van der Waals surface area (Å²) < 4.78 is 29.9. The van der Waals surface area contributed by atoms with Crippen molar-refractivity contribution in [3.05, 3.63) is 70.5 Å². The van der Waals surface area contributed by atoms with Crippen LogP contribution in [0.5, 0.6) is 0 Å². The molecule has 1 aliphatic heterocycles. The fourth-order valence-corrected chi connectivity index (χ4v) is 5.49. The Kier molecular flexibility index (Phi) is 4.04. The summed E-state index contributed by atoms with van der Waals surface area (Å²) in [6.45, 7) is 3.96. The Bertz CT molecular complexity index is 1090. The minimum Gasteiger partial charge on any atom is -0.266 e. The molecule has 2 aromatic carbocycles. The number of para-hydroxylation sites is 1. The van der Waals surface area contributed by atoms with E-state index in [1.165, 1.54) is 4.31 Å². The van der Waals surface area contributed by atoms with E-state index in [-0.39, 0.29) is 4.90 Å². The predicted octanol–water partition coefficient (Wildman–Crippen LogP) is 3.89. The summed E-state index contributed by atoms with van der Waals surface area (Å²) in [5.74, 6) is 0. The van der Waals surface area contributed by atoms with Crippen LogP contribution >= 0.6 is 11.6 Å². The van der Waals surface area contributed by atoms with Crippen LogP contribution in [0, 0.1) is 13.8 Å². The highest BCUT2D eigenvalue weighted by Gasteiger charge is 2.35. The molecule has 0 N–H and O–H groups in total. The first-order valence-electron chi connectivity index (χ1n) is 8.32. The Balaban J connectivity index is 1.82. The summed E-state index contributed by atoms with van der Waals surface area (Å²) in [5.41, 5.74) is 3.66. The predicted molar refractivity (Wildman–Crippen MR) is 103 cm³/mol. The molecule has 3 aromatic rings. The topological polar surface area (TPSA) is 55.2 Å². The standard InChI is InChI=1S/C19H18ClN3O2S/c1-13-19(14(2)23(21-13)17-9-7-16(20)8-10-17)26(24,25)22-12-11-15-5-3-4-6-18(15)22/h3-10H,11-12H2,1-2H3. The smallest absolute Gasteiger partial charge is 0.266 e. The second-order valence-electron chi connectivity index (χ2n) is 6.34. The molecule has 0 aliphatic carbocycles. The molecule has 0 bridgehead atoms. The van der Waals surface area contributed by atoms with Crippen LogP contribution in [0.25, 0.3) is 5.69 Å². The van der Waals surface area contributed by atoms with Crippen LogP contribution in [0.3, 0.4) is 0 Å². The van der Waals surface area contributed by atoms with Crippen molar-refractivity contribution < 1.29 is 8.42 Å². The number of hydrogen-bond donors (Lipinski definition) is 0. The van der Waals surface area contributed by atoms with Gasteiger partial charge in [-0.3, -0.25) is 4.31 Å². The maximum atomic E-state index is 13.4. The molecule has 0 spiro atoms. The number of fused-ring (bicyclic) bond motifs is 1. The molecule has 134 valence electrons. The van der Waals surface area contributed by atoms with Crippen LogP contribution in [0.4, 0.5) is 5.69 Å². The van der Waals surface area contributed by atoms with Gasteiger partial charge in [0.25, 0.3) is 10.0 Å². The molecule has 26 heavy (non-hydrogen) atoms. The van der Waals surface area contributed by atoms with Crippen LogP contribution in [0.1, 0.15) is 17.0 Å². The second-order valence-corrected chi connectivity index (χ2v) is 8.58. The molecule has 0 saturated heterocycles. The van der Waals surface area contributed by atoms with Gasteiger partial charge in [0.05, 0.1) is 22.8 Å². The lowest BCUT2D eigenvalue weighted by atomic mass is 10.2. The van der Waals surface area contributed by atoms with E-state index in [1.807, 2.05) is 36.4 Å². The average Bonchev–Trinajstić information content (AvgIpc) is 3.17. The van der Waals surface area contributed by atoms with Gasteiger partial charge in [-0.15, -0.1) is 0 Å². The molecule has 1 aliphatic rings. The SMILES string of the molecule is Cc1nn(-c2ccc(Cl)cc2)c(C)c1S(=O)(=O)N1CCc2ccccc21. The van der Waals surface area contributed by atoms with E-state index < -0.39 is 10.0 Å². The van der Waals surface area contributed by atoms with Crippen molar-refractivity contribution in [3.63, 3.8) is 0 Å². The van der Waals surface area contributed by atoms with Crippen molar-refractivity contribution in [2.75, 3.05) is 10.8 Å². The van der Waals surface area contributed by atoms with E-state index in [0.29, 0.717) is 23.0 Å². The van der Waals surface area contributed by atoms with Crippen molar-refractivity contribution >= 4 is 27.3 Å². The van der Waals surface area contributed by atoms with Crippen LogP contribution in [-0.4, -0.2) is 24.7 Å². The lowest BCUT2D eigenvalue weighted by Gasteiger charge is -2.19. The fraction of sp³-hybridized carbons (Fsp3) is 0.211. The van der Waals surface area contributed by atoms with Crippen LogP contribution in [-0.2, 0) is 16.4 Å². The zero-order chi connectivity index (χ0) is 18.5. The highest BCUT2D eigenvalue weighted by Crippen LogP contribution is 2.35. The molecule has 0 atom stereocenters. The average molecular weight is 388 g/mol. The van der Waals surface area contributed by atoms with Crippen molar-refractivity contribution in [1.29, 1.82) is 0 Å². The van der Waals surface area contributed by atoms with Gasteiger partial charge in [-0.25, -0.2) is 13.1 Å². The number of nitrogens with zero attached hydrogens (tertiary/aromatic N) is 3. The van der Waals surface area contributed by atoms with Gasteiger partial charge in [-0.2, -0.15) is 5.10 Å². The van der Waals surface area contributed by atoms with Crippen LogP contribution in [0.2, 0.25) is 5.02 Å². The first-order valence-corrected chi connectivity index (χ1v) is 10.1. The zero-order valence-electron chi connectivity index (χ0n) is 14.5. The highest BCUT2D eigenvalue weighted by atomic mass is 35.5. The van der Waals surface area contributed by atoms with Crippen molar-refractivity contribution in [2.24, 2.45) is 0 Å². The molecule has 4 rings (SSSR count). The van der Waals surface area contributed by atoms with E-state index in [9.17, 15) is 8.42 Å². The van der Waals surface area contributed by atoms with Crippen molar-refractivity contribution in [1.82, 2.24) is 9.78 Å². The zero-order valence-corrected chi connectivity index (χ0v) is 16.0. The molecule has 0 amide bonds. The quantitative estimate of drug-likeness (QED) is 0.685. The highest BCUT2D eigenvalue weighted by molar-refractivity contribution is 7.93. The Labute approximate surface area is 157 Å². The molecular weight excluding hydrogens is 370 g/mol. The van der Waals surface area contributed by atoms with Gasteiger partial charge in [0, 0.05) is 11.6 Å². The molecular formula is C19H18ClN3O2S. The lowest BCUT2D eigenvalue weighted by molar-refractivity contribution is 0.591. The summed E-state index contributed by atoms with van der Waals surface area (Å²) in [6, 6.07) is 14.8. The van der Waals surface area contributed by atoms with E-state index in [2.05, 4.69) is 5.10 Å². The van der Waals surface area contributed by atoms with Crippen molar-refractivity contribution in [3.8, 4) is 5.69 Å². The number of rotatable bonds is 3. The van der Waals surface area contributed by atoms with E-state index >= 15 is 0 Å². The summed E-state index contributed by atoms with van der Waals surface area (Å²) in [6.07, 6.45) is 0.721. The van der Waals surface area contributed by atoms with Gasteiger partial charge in [0.2, 0.25) is 0 Å². The number of sulfonamides is 1. The summed E-state index contributed by atoms with van der Waals surface area (Å²) in [5, 5.41) is 5.09. The normalized spacial score (nSPS) is 13.9. The molecule has 0 saturated carbocycles. The summed E-state index contributed by atoms with van der Waals surface area (Å²) >= 11 is 5.95. The number of aromatic nitrogens is 2. The monoisotopic (exact) mass is 387 g/mol. The van der Waals surface area contributed by atoms with Gasteiger partial charge in [-0.05, 0) is 56.2 Å². The largest absolute Gasteiger partial charge is 0.268 e. The molecule has 7 heteroatoms. The maximum Gasteiger partial charge on any atom is 0.268 e. The molecule has 0 fully saturated rings. The van der Waals surface area contributed by atoms with Gasteiger partial charge in [0.15, 0.2) is 0 Å². The van der Waals surface area contributed by atoms with Crippen LogP contribution in [0.15, 0.2) is 53.4 Å². The molecule has 1 aromatic heterocycles. The number of aryl methyl sites for hydroxylation is 1. The number of hydrogen-bond acceptors (Lipinski definition) is 3. The van der Waals surface area contributed by atoms with E-state index in [4.69, 9.17) is 11.6 Å². The number of halogens is 1. The Morgan fingerprint density at radius 2 is 1.73 bits per heavy atom. The summed E-state index contributed by atoms with van der Waals surface area (Å²) in [7, 11) is -3.68. The first-order chi connectivity index (χ1) is 12.4. The molecule has 0 radical (unpaired) electrons. The van der Waals surface area contributed by atoms with Crippen molar-refractivity contribution in [2.45, 2.75) is 25.2 Å². The minimum absolute atomic E-state index is 0.268. The molecule has 5 nitrogen and oxygen atoms in total. The van der Waals surface area contributed by atoms with Gasteiger partial charge < -0.3 is 0 Å². The third kappa shape index (κ3) is 2.61. The minimum atomic E-state index is -3.68. The van der Waals surface area contributed by atoms with Gasteiger partial charge in [0.1, 0.15) is 4.90 Å². The number of anilines is 1. The lowest BCUT2D eigenvalue weighted by Crippen LogP contribution is -2.30. The molecule has 0 unspecified atom stereocenters. The van der Waals surface area contributed by atoms with Gasteiger partial charge in [-0.1, -0.05) is 29.8 Å². The van der Waals surface area contributed by atoms with Crippen LogP contribution < -0.4 is 4.31 Å².